The van der Waals surface area contributed by atoms with E-state index in [1.165, 1.54) is 11.0 Å². The molecule has 1 atom stereocenters. The number of halogens is 1. The number of carbonyl (C=O) groups is 2. The minimum Gasteiger partial charge on any atom is -0.507 e. The summed E-state index contributed by atoms with van der Waals surface area (Å²) in [5.41, 5.74) is 2.49. The number of aliphatic hydroxyl groups is 1. The van der Waals surface area contributed by atoms with Crippen LogP contribution in [-0.2, 0) is 16.0 Å². The Morgan fingerprint density at radius 2 is 1.58 bits per heavy atom. The Labute approximate surface area is 180 Å². The Morgan fingerprint density at radius 3 is 2.26 bits per heavy atom. The van der Waals surface area contributed by atoms with Crippen LogP contribution in [0.25, 0.3) is 5.76 Å². The molecule has 3 aromatic carbocycles. The van der Waals surface area contributed by atoms with Gasteiger partial charge in [0.05, 0.1) is 11.6 Å². The molecule has 31 heavy (non-hydrogen) atoms. The second-order valence-corrected chi connectivity index (χ2v) is 7.62. The van der Waals surface area contributed by atoms with Gasteiger partial charge in [0.1, 0.15) is 11.6 Å². The van der Waals surface area contributed by atoms with Crippen molar-refractivity contribution in [1.82, 2.24) is 4.90 Å². The van der Waals surface area contributed by atoms with Crippen molar-refractivity contribution in [2.75, 3.05) is 6.54 Å². The van der Waals surface area contributed by atoms with Gasteiger partial charge in [-0.1, -0.05) is 78.4 Å². The lowest BCUT2D eigenvalue weighted by atomic mass is 9.94. The molecule has 5 heteroatoms. The number of ketones is 1. The zero-order chi connectivity index (χ0) is 22.0. The topological polar surface area (TPSA) is 57.6 Å². The van der Waals surface area contributed by atoms with Gasteiger partial charge >= 0.3 is 0 Å². The number of aliphatic hydroxyl groups excluding tert-OH is 1. The molecule has 156 valence electrons. The second kappa shape index (κ2) is 8.56. The second-order valence-electron chi connectivity index (χ2n) is 7.62. The van der Waals surface area contributed by atoms with Crippen LogP contribution in [-0.4, -0.2) is 28.2 Å². The van der Waals surface area contributed by atoms with E-state index in [0.29, 0.717) is 12.0 Å². The number of benzene rings is 3. The first-order chi connectivity index (χ1) is 15.0. The molecule has 4 rings (SSSR count). The molecular weight excluding hydrogens is 393 g/mol. The summed E-state index contributed by atoms with van der Waals surface area (Å²) in [6.07, 6.45) is 0.503. The Balaban J connectivity index is 1.80. The molecule has 1 fully saturated rings. The average molecular weight is 415 g/mol. The van der Waals surface area contributed by atoms with Crippen molar-refractivity contribution in [3.05, 3.63) is 113 Å². The molecule has 1 unspecified atom stereocenters. The fraction of sp³-hybridized carbons (Fsp3) is 0.154. The summed E-state index contributed by atoms with van der Waals surface area (Å²) in [5, 5.41) is 11.0. The first-order valence-electron chi connectivity index (χ1n) is 10.1. The highest BCUT2D eigenvalue weighted by atomic mass is 19.1. The van der Waals surface area contributed by atoms with E-state index in [0.717, 1.165) is 11.1 Å². The van der Waals surface area contributed by atoms with Gasteiger partial charge in [0.15, 0.2) is 0 Å². The van der Waals surface area contributed by atoms with E-state index in [1.807, 2.05) is 37.3 Å². The zero-order valence-corrected chi connectivity index (χ0v) is 17.1. The molecule has 1 aliphatic rings. The van der Waals surface area contributed by atoms with Gasteiger partial charge in [0, 0.05) is 17.7 Å². The summed E-state index contributed by atoms with van der Waals surface area (Å²) < 4.78 is 14.8. The van der Waals surface area contributed by atoms with Crippen LogP contribution >= 0.6 is 0 Å². The number of hydrogen-bond acceptors (Lipinski definition) is 3. The fourth-order valence-corrected chi connectivity index (χ4v) is 3.89. The van der Waals surface area contributed by atoms with Crippen LogP contribution in [0.3, 0.4) is 0 Å². The maximum absolute atomic E-state index is 14.8. The minimum absolute atomic E-state index is 0.0907. The van der Waals surface area contributed by atoms with Crippen LogP contribution in [0.15, 0.2) is 84.4 Å². The summed E-state index contributed by atoms with van der Waals surface area (Å²) in [4.78, 5) is 27.3. The molecule has 0 spiro atoms. The Hall–Kier alpha value is -3.73. The lowest BCUT2D eigenvalue weighted by Crippen LogP contribution is -2.32. The lowest BCUT2D eigenvalue weighted by Gasteiger charge is -2.25. The Morgan fingerprint density at radius 1 is 0.935 bits per heavy atom. The highest BCUT2D eigenvalue weighted by molar-refractivity contribution is 6.46. The number of likely N-dealkylation sites (tertiary alicyclic amines) is 1. The molecule has 0 radical (unpaired) electrons. The third-order valence-corrected chi connectivity index (χ3v) is 5.55. The largest absolute Gasteiger partial charge is 0.507 e. The Bertz CT molecular complexity index is 1150. The number of carbonyl (C=O) groups excluding carboxylic acids is 2. The van der Waals surface area contributed by atoms with Crippen LogP contribution in [0.5, 0.6) is 0 Å². The van der Waals surface area contributed by atoms with Gasteiger partial charge in [-0.05, 0) is 25.0 Å². The van der Waals surface area contributed by atoms with Crippen molar-refractivity contribution >= 4 is 17.4 Å². The number of nitrogens with zero attached hydrogens (tertiary/aromatic N) is 1. The van der Waals surface area contributed by atoms with Gasteiger partial charge in [-0.2, -0.15) is 0 Å². The third-order valence-electron chi connectivity index (χ3n) is 5.55. The fourth-order valence-electron chi connectivity index (χ4n) is 3.89. The van der Waals surface area contributed by atoms with Crippen molar-refractivity contribution in [2.45, 2.75) is 19.4 Å². The van der Waals surface area contributed by atoms with Crippen LogP contribution in [0.4, 0.5) is 4.39 Å². The van der Waals surface area contributed by atoms with Crippen molar-refractivity contribution in [1.29, 1.82) is 0 Å². The van der Waals surface area contributed by atoms with E-state index in [2.05, 4.69) is 0 Å². The normalized spacial score (nSPS) is 17.9. The maximum Gasteiger partial charge on any atom is 0.295 e. The summed E-state index contributed by atoms with van der Waals surface area (Å²) >= 11 is 0. The molecule has 4 nitrogen and oxygen atoms in total. The van der Waals surface area contributed by atoms with Crippen LogP contribution < -0.4 is 0 Å². The first-order valence-corrected chi connectivity index (χ1v) is 10.1. The summed E-state index contributed by atoms with van der Waals surface area (Å²) in [6, 6.07) is 21.6. The van der Waals surface area contributed by atoms with Gasteiger partial charge in [-0.25, -0.2) is 4.39 Å². The molecular formula is C26H22FNO3. The molecule has 0 aliphatic carbocycles. The number of hydrogen-bond donors (Lipinski definition) is 1. The van der Waals surface area contributed by atoms with Crippen LogP contribution in [0, 0.1) is 12.7 Å². The average Bonchev–Trinajstić information content (AvgIpc) is 3.03. The predicted molar refractivity (Wildman–Crippen MR) is 117 cm³/mol. The van der Waals surface area contributed by atoms with E-state index < -0.39 is 23.5 Å². The van der Waals surface area contributed by atoms with Gasteiger partial charge in [0.2, 0.25) is 0 Å². The number of amides is 1. The quantitative estimate of drug-likeness (QED) is 0.370. The minimum atomic E-state index is -0.994. The molecule has 1 heterocycles. The third kappa shape index (κ3) is 3.99. The highest BCUT2D eigenvalue weighted by Gasteiger charge is 2.46. The van der Waals surface area contributed by atoms with E-state index >= 15 is 0 Å². The predicted octanol–water partition coefficient (Wildman–Crippen LogP) is 4.80. The summed E-state index contributed by atoms with van der Waals surface area (Å²) in [7, 11) is 0. The molecule has 1 N–H and O–H groups in total. The van der Waals surface area contributed by atoms with E-state index in [-0.39, 0.29) is 23.4 Å². The van der Waals surface area contributed by atoms with Crippen molar-refractivity contribution < 1.29 is 19.1 Å². The maximum atomic E-state index is 14.8. The first kappa shape index (κ1) is 20.5. The monoisotopic (exact) mass is 415 g/mol. The molecule has 0 bridgehead atoms. The lowest BCUT2D eigenvalue weighted by molar-refractivity contribution is -0.139. The molecule has 1 aliphatic heterocycles. The number of aryl methyl sites for hydroxylation is 1. The van der Waals surface area contributed by atoms with Gasteiger partial charge in [-0.15, -0.1) is 0 Å². The summed E-state index contributed by atoms with van der Waals surface area (Å²) in [5.74, 6) is -2.38. The summed E-state index contributed by atoms with van der Waals surface area (Å²) in [6.45, 7) is 2.13. The smallest absolute Gasteiger partial charge is 0.295 e. The van der Waals surface area contributed by atoms with Gasteiger partial charge in [0.25, 0.3) is 11.7 Å². The van der Waals surface area contributed by atoms with Crippen molar-refractivity contribution in [2.24, 2.45) is 0 Å². The molecule has 1 amide bonds. The van der Waals surface area contributed by atoms with Crippen LogP contribution in [0.2, 0.25) is 0 Å². The number of Topliss-reactive ketones (excluding diaryl/α,β-unsaturated/α-hetero) is 1. The van der Waals surface area contributed by atoms with Gasteiger partial charge < -0.3 is 10.0 Å². The number of rotatable bonds is 5. The van der Waals surface area contributed by atoms with Crippen LogP contribution in [0.1, 0.15) is 28.3 Å². The Kier molecular flexibility index (Phi) is 5.67. The molecule has 3 aromatic rings. The highest BCUT2D eigenvalue weighted by Crippen LogP contribution is 2.40. The van der Waals surface area contributed by atoms with Crippen molar-refractivity contribution in [3.63, 3.8) is 0 Å². The molecule has 0 saturated carbocycles. The SMILES string of the molecule is Cc1ccc(C(O)=C2C(=O)C(=O)N(CCc3ccccc3)C2c2ccccc2F)cc1. The molecule has 0 aromatic heterocycles. The standard InChI is InChI=1S/C26H22FNO3/c1-17-11-13-19(14-12-17)24(29)22-23(20-9-5-6-10-21(20)27)28(26(31)25(22)30)16-15-18-7-3-2-4-8-18/h2-14,23,29H,15-16H2,1H3. The zero-order valence-electron chi connectivity index (χ0n) is 17.1. The van der Waals surface area contributed by atoms with Crippen molar-refractivity contribution in [3.8, 4) is 0 Å². The van der Waals surface area contributed by atoms with Gasteiger partial charge in [-0.3, -0.25) is 9.59 Å². The van der Waals surface area contributed by atoms with E-state index in [4.69, 9.17) is 0 Å². The molecule has 1 saturated heterocycles. The van der Waals surface area contributed by atoms with E-state index in [1.54, 1.807) is 42.5 Å². The van der Waals surface area contributed by atoms with E-state index in [9.17, 15) is 19.1 Å².